The van der Waals surface area contributed by atoms with Gasteiger partial charge in [-0.3, -0.25) is 0 Å². The van der Waals surface area contributed by atoms with Gasteiger partial charge in [0.2, 0.25) is 0 Å². The van der Waals surface area contributed by atoms with Gasteiger partial charge in [-0.25, -0.2) is 0 Å². The van der Waals surface area contributed by atoms with E-state index in [1.165, 1.54) is 18.5 Å². The first-order valence-corrected chi connectivity index (χ1v) is 8.60. The summed E-state index contributed by atoms with van der Waals surface area (Å²) in [6.45, 7) is 12.4. The minimum absolute atomic E-state index is 0.450. The molecule has 0 aliphatic heterocycles. The average molecular weight is 341 g/mol. The summed E-state index contributed by atoms with van der Waals surface area (Å²) in [7, 11) is 0. The zero-order valence-electron chi connectivity index (χ0n) is 13.3. The molecule has 0 amide bonds. The molecule has 0 aliphatic carbocycles. The van der Waals surface area contributed by atoms with Gasteiger partial charge >= 0.3 is 0 Å². The molecule has 3 heteroatoms. The molecule has 0 radical (unpaired) electrons. The van der Waals surface area contributed by atoms with Crippen molar-refractivity contribution in [2.45, 2.75) is 52.6 Å². The maximum Gasteiger partial charge on any atom is 0.0332 e. The molecule has 1 aromatic rings. The largest absolute Gasteiger partial charge is 0.310 e. The Labute approximate surface area is 133 Å². The van der Waals surface area contributed by atoms with E-state index in [9.17, 15) is 0 Å². The minimum Gasteiger partial charge on any atom is -0.310 e. The molecule has 2 nitrogen and oxygen atoms in total. The maximum absolute atomic E-state index is 3.61. The van der Waals surface area contributed by atoms with Gasteiger partial charge in [0, 0.05) is 23.1 Å². The predicted molar refractivity (Wildman–Crippen MR) is 92.2 cm³/mol. The van der Waals surface area contributed by atoms with Gasteiger partial charge in [-0.05, 0) is 57.5 Å². The Bertz CT molecular complexity index is 362. The Hall–Kier alpha value is -0.380. The van der Waals surface area contributed by atoms with Crippen molar-refractivity contribution in [1.82, 2.24) is 10.2 Å². The molecule has 0 heterocycles. The van der Waals surface area contributed by atoms with Crippen molar-refractivity contribution >= 4 is 15.9 Å². The third kappa shape index (κ3) is 5.94. The summed E-state index contributed by atoms with van der Waals surface area (Å²) in [5.74, 6) is 0. The fourth-order valence-corrected chi connectivity index (χ4v) is 2.80. The Morgan fingerprint density at radius 3 is 2.25 bits per heavy atom. The zero-order valence-corrected chi connectivity index (χ0v) is 14.9. The normalized spacial score (nSPS) is 13.2. The molecular weight excluding hydrogens is 312 g/mol. The molecule has 0 spiro atoms. The first kappa shape index (κ1) is 17.7. The lowest BCUT2D eigenvalue weighted by Gasteiger charge is -2.28. The fraction of sp³-hybridized carbons (Fsp3) is 0.647. The van der Waals surface area contributed by atoms with Gasteiger partial charge in [-0.1, -0.05) is 41.9 Å². The zero-order chi connectivity index (χ0) is 15.0. The molecule has 20 heavy (non-hydrogen) atoms. The summed E-state index contributed by atoms with van der Waals surface area (Å²) in [5.41, 5.74) is 1.38. The summed E-state index contributed by atoms with van der Waals surface area (Å²) < 4.78 is 1.14. The number of benzene rings is 1. The van der Waals surface area contributed by atoms with Gasteiger partial charge in [0.1, 0.15) is 0 Å². The lowest BCUT2D eigenvalue weighted by molar-refractivity contribution is 0.210. The Balaban J connectivity index is 2.64. The SMILES string of the molecule is CCCN(CCC(NCC)c1ccc(Br)cc1)C(C)C. The lowest BCUT2D eigenvalue weighted by atomic mass is 10.0. The van der Waals surface area contributed by atoms with E-state index in [1.54, 1.807) is 0 Å². The third-order valence-electron chi connectivity index (χ3n) is 3.67. The van der Waals surface area contributed by atoms with Crippen LogP contribution in [0.15, 0.2) is 28.7 Å². The van der Waals surface area contributed by atoms with Crippen molar-refractivity contribution in [2.75, 3.05) is 19.6 Å². The van der Waals surface area contributed by atoms with E-state index < -0.39 is 0 Å². The topological polar surface area (TPSA) is 15.3 Å². The van der Waals surface area contributed by atoms with Crippen LogP contribution < -0.4 is 5.32 Å². The van der Waals surface area contributed by atoms with Gasteiger partial charge in [0.05, 0.1) is 0 Å². The van der Waals surface area contributed by atoms with Crippen molar-refractivity contribution < 1.29 is 0 Å². The van der Waals surface area contributed by atoms with Crippen LogP contribution in [0.3, 0.4) is 0 Å². The van der Waals surface area contributed by atoms with Crippen LogP contribution >= 0.6 is 15.9 Å². The van der Waals surface area contributed by atoms with Crippen LogP contribution in [0.5, 0.6) is 0 Å². The molecule has 1 unspecified atom stereocenters. The van der Waals surface area contributed by atoms with E-state index in [4.69, 9.17) is 0 Å². The van der Waals surface area contributed by atoms with Crippen molar-refractivity contribution in [3.63, 3.8) is 0 Å². The lowest BCUT2D eigenvalue weighted by Crippen LogP contribution is -2.35. The molecule has 0 fully saturated rings. The van der Waals surface area contributed by atoms with Crippen LogP contribution in [0.2, 0.25) is 0 Å². The van der Waals surface area contributed by atoms with Crippen LogP contribution in [0.4, 0.5) is 0 Å². The highest BCUT2D eigenvalue weighted by atomic mass is 79.9. The number of nitrogens with one attached hydrogen (secondary N) is 1. The maximum atomic E-state index is 3.61. The minimum atomic E-state index is 0.450. The second kappa shape index (κ2) is 9.54. The summed E-state index contributed by atoms with van der Waals surface area (Å²) in [6, 6.07) is 9.78. The van der Waals surface area contributed by atoms with E-state index in [0.29, 0.717) is 12.1 Å². The van der Waals surface area contributed by atoms with Gasteiger partial charge < -0.3 is 10.2 Å². The number of halogens is 1. The molecule has 1 rings (SSSR count). The van der Waals surface area contributed by atoms with Crippen molar-refractivity contribution in [3.8, 4) is 0 Å². The highest BCUT2D eigenvalue weighted by Crippen LogP contribution is 2.20. The van der Waals surface area contributed by atoms with Crippen molar-refractivity contribution in [1.29, 1.82) is 0 Å². The van der Waals surface area contributed by atoms with Gasteiger partial charge in [0.15, 0.2) is 0 Å². The smallest absolute Gasteiger partial charge is 0.0332 e. The number of hydrogen-bond donors (Lipinski definition) is 1. The Kier molecular flexibility index (Phi) is 8.43. The number of nitrogens with zero attached hydrogens (tertiary/aromatic N) is 1. The fourth-order valence-electron chi connectivity index (χ4n) is 2.54. The van der Waals surface area contributed by atoms with E-state index in [-0.39, 0.29) is 0 Å². The van der Waals surface area contributed by atoms with Crippen LogP contribution in [0.25, 0.3) is 0 Å². The first-order valence-electron chi connectivity index (χ1n) is 7.81. The second-order valence-corrected chi connectivity index (χ2v) is 6.50. The van der Waals surface area contributed by atoms with Gasteiger partial charge in [-0.15, -0.1) is 0 Å². The van der Waals surface area contributed by atoms with Gasteiger partial charge in [0.25, 0.3) is 0 Å². The molecule has 1 aromatic carbocycles. The Morgan fingerprint density at radius 1 is 1.10 bits per heavy atom. The molecule has 0 bridgehead atoms. The first-order chi connectivity index (χ1) is 9.58. The highest BCUT2D eigenvalue weighted by Gasteiger charge is 2.14. The van der Waals surface area contributed by atoms with E-state index in [1.807, 2.05) is 0 Å². The second-order valence-electron chi connectivity index (χ2n) is 5.58. The Morgan fingerprint density at radius 2 is 1.75 bits per heavy atom. The molecular formula is C17H29BrN2. The van der Waals surface area contributed by atoms with Crippen LogP contribution in [0.1, 0.15) is 52.1 Å². The third-order valence-corrected chi connectivity index (χ3v) is 4.20. The summed E-state index contributed by atoms with van der Waals surface area (Å²) in [6.07, 6.45) is 2.38. The molecule has 1 atom stereocenters. The predicted octanol–water partition coefficient (Wildman–Crippen LogP) is 4.61. The monoisotopic (exact) mass is 340 g/mol. The van der Waals surface area contributed by atoms with E-state index in [2.05, 4.69) is 78.1 Å². The molecule has 0 saturated carbocycles. The average Bonchev–Trinajstić information content (AvgIpc) is 2.42. The molecule has 0 aromatic heterocycles. The van der Waals surface area contributed by atoms with Crippen molar-refractivity contribution in [3.05, 3.63) is 34.3 Å². The molecule has 0 aliphatic rings. The highest BCUT2D eigenvalue weighted by molar-refractivity contribution is 9.10. The summed E-state index contributed by atoms with van der Waals surface area (Å²) in [4.78, 5) is 2.57. The van der Waals surface area contributed by atoms with Crippen molar-refractivity contribution in [2.24, 2.45) is 0 Å². The molecule has 114 valence electrons. The van der Waals surface area contributed by atoms with Gasteiger partial charge in [-0.2, -0.15) is 0 Å². The van der Waals surface area contributed by atoms with Crippen LogP contribution in [-0.4, -0.2) is 30.6 Å². The summed E-state index contributed by atoms with van der Waals surface area (Å²) in [5, 5.41) is 3.61. The quantitative estimate of drug-likeness (QED) is 0.706. The summed E-state index contributed by atoms with van der Waals surface area (Å²) >= 11 is 3.51. The van der Waals surface area contributed by atoms with Crippen LogP contribution in [0, 0.1) is 0 Å². The number of rotatable bonds is 9. The van der Waals surface area contributed by atoms with E-state index >= 15 is 0 Å². The van der Waals surface area contributed by atoms with E-state index in [0.717, 1.165) is 24.0 Å². The molecule has 1 N–H and O–H groups in total. The number of hydrogen-bond acceptors (Lipinski definition) is 2. The molecule has 0 saturated heterocycles. The van der Waals surface area contributed by atoms with Crippen LogP contribution in [-0.2, 0) is 0 Å². The standard InChI is InChI=1S/C17H29BrN2/c1-5-12-20(14(3)4)13-11-17(19-6-2)15-7-9-16(18)10-8-15/h7-10,14,17,19H,5-6,11-13H2,1-4H3.